The molecule has 0 spiro atoms. The van der Waals surface area contributed by atoms with E-state index in [4.69, 9.17) is 0 Å². The predicted octanol–water partition coefficient (Wildman–Crippen LogP) is 3.33. The molecule has 2 N–H and O–H groups in total. The van der Waals surface area contributed by atoms with Crippen LogP contribution < -0.4 is 21.6 Å². The second kappa shape index (κ2) is 9.28. The largest absolute Gasteiger partial charge is 0.347 e. The van der Waals surface area contributed by atoms with Crippen LogP contribution in [0.25, 0.3) is 23.3 Å². The van der Waals surface area contributed by atoms with Gasteiger partial charge in [0.25, 0.3) is 5.91 Å². The number of H-pyrrole nitrogens is 1. The van der Waals surface area contributed by atoms with Crippen molar-refractivity contribution >= 4 is 29.6 Å². The van der Waals surface area contributed by atoms with Crippen molar-refractivity contribution in [2.24, 2.45) is 0 Å². The molecule has 0 radical (unpaired) electrons. The van der Waals surface area contributed by atoms with E-state index in [0.717, 1.165) is 66.2 Å². The van der Waals surface area contributed by atoms with Crippen LogP contribution in [0.3, 0.4) is 0 Å². The average molecular weight is 439 g/mol. The first-order chi connectivity index (χ1) is 16.2. The summed E-state index contributed by atoms with van der Waals surface area (Å²) in [6.07, 6.45) is 12.0. The summed E-state index contributed by atoms with van der Waals surface area (Å²) in [4.78, 5) is 33.9. The van der Waals surface area contributed by atoms with Gasteiger partial charge in [-0.15, -0.1) is 0 Å². The number of amides is 1. The first kappa shape index (κ1) is 20.9. The van der Waals surface area contributed by atoms with Gasteiger partial charge in [-0.05, 0) is 67.2 Å². The Labute approximate surface area is 192 Å². The lowest BCUT2D eigenvalue weighted by atomic mass is 10.0. The molecule has 2 aromatic carbocycles. The Hall–Kier alpha value is -3.93. The van der Waals surface area contributed by atoms with Crippen LogP contribution in [0.1, 0.15) is 36.0 Å². The van der Waals surface area contributed by atoms with Gasteiger partial charge in [0, 0.05) is 34.9 Å². The lowest BCUT2D eigenvalue weighted by Gasteiger charge is -2.16. The van der Waals surface area contributed by atoms with E-state index in [0.29, 0.717) is 11.4 Å². The van der Waals surface area contributed by atoms with Crippen LogP contribution in [0, 0.1) is 0 Å². The fourth-order valence-corrected chi connectivity index (χ4v) is 4.36. The molecule has 1 aliphatic carbocycles. The number of aromatic nitrogens is 2. The van der Waals surface area contributed by atoms with E-state index in [2.05, 4.69) is 21.4 Å². The quantitative estimate of drug-likeness (QED) is 0.655. The molecule has 5 rings (SSSR count). The molecule has 0 atom stereocenters. The average Bonchev–Trinajstić information content (AvgIpc) is 3.35. The first-order valence-corrected chi connectivity index (χ1v) is 11.4. The van der Waals surface area contributed by atoms with Crippen LogP contribution in [0.5, 0.6) is 0 Å². The van der Waals surface area contributed by atoms with Crippen LogP contribution >= 0.6 is 0 Å². The van der Waals surface area contributed by atoms with Crippen molar-refractivity contribution in [3.63, 3.8) is 0 Å². The maximum absolute atomic E-state index is 12.8. The highest BCUT2D eigenvalue weighted by atomic mass is 16.2. The van der Waals surface area contributed by atoms with Gasteiger partial charge >= 0.3 is 5.69 Å². The number of carbonyl (C=O) groups excluding carboxylic acids is 1. The number of rotatable bonds is 4. The molecule has 1 aliphatic heterocycles. The van der Waals surface area contributed by atoms with Crippen molar-refractivity contribution in [1.82, 2.24) is 14.9 Å². The van der Waals surface area contributed by atoms with E-state index >= 15 is 0 Å². The monoisotopic (exact) mass is 438 g/mol. The topological polar surface area (TPSA) is 78.1 Å². The summed E-state index contributed by atoms with van der Waals surface area (Å²) >= 11 is 0. The molecular weight excluding hydrogens is 412 g/mol. The van der Waals surface area contributed by atoms with E-state index in [1.807, 2.05) is 71.7 Å². The second-order valence-electron chi connectivity index (χ2n) is 8.38. The Kier molecular flexibility index (Phi) is 5.89. The van der Waals surface area contributed by atoms with Crippen LogP contribution in [0.2, 0.25) is 0 Å². The maximum Gasteiger partial charge on any atom is 0.347 e. The standard InChI is InChI=1S/C27H26N4O2/c32-26(31-15-5-6-16-31)21-11-7-9-19(17-21)20-10-8-12-22(18-20)28-25-23-13-3-1-2-4-14-24(23)29-27(33)30-25/h1,3,7-14,17-18H,2,4-6,15-16H2,(H2,28,29,30,33). The van der Waals surface area contributed by atoms with E-state index in [1.54, 1.807) is 0 Å². The van der Waals surface area contributed by atoms with Crippen molar-refractivity contribution in [1.29, 1.82) is 0 Å². The lowest BCUT2D eigenvalue weighted by Crippen LogP contribution is -2.38. The van der Waals surface area contributed by atoms with Crippen LogP contribution in [0.15, 0.2) is 65.5 Å². The van der Waals surface area contributed by atoms with Gasteiger partial charge in [-0.2, -0.15) is 4.98 Å². The van der Waals surface area contributed by atoms with Crippen molar-refractivity contribution in [2.75, 3.05) is 18.4 Å². The number of anilines is 2. The Morgan fingerprint density at radius 2 is 1.79 bits per heavy atom. The van der Waals surface area contributed by atoms with Crippen molar-refractivity contribution in [2.45, 2.75) is 25.7 Å². The number of hydrogen-bond acceptors (Lipinski definition) is 4. The molecule has 6 heteroatoms. The Morgan fingerprint density at radius 3 is 2.64 bits per heavy atom. The summed E-state index contributed by atoms with van der Waals surface area (Å²) in [5.41, 5.74) is 3.11. The first-order valence-electron chi connectivity index (χ1n) is 11.4. The smallest absolute Gasteiger partial charge is 0.339 e. The predicted molar refractivity (Wildman–Crippen MR) is 132 cm³/mol. The molecule has 1 amide bonds. The fraction of sp³-hybridized carbons (Fsp3) is 0.222. The van der Waals surface area contributed by atoms with Gasteiger partial charge in [0.15, 0.2) is 0 Å². The molecule has 2 aliphatic rings. The van der Waals surface area contributed by atoms with Crippen LogP contribution in [-0.2, 0) is 0 Å². The van der Waals surface area contributed by atoms with Crippen molar-refractivity contribution in [3.05, 3.63) is 87.3 Å². The normalized spacial score (nSPS) is 15.1. The molecule has 33 heavy (non-hydrogen) atoms. The third kappa shape index (κ3) is 4.65. The molecule has 2 heterocycles. The zero-order chi connectivity index (χ0) is 22.6. The Bertz CT molecular complexity index is 1400. The highest BCUT2D eigenvalue weighted by Crippen LogP contribution is 2.25. The molecule has 1 aromatic heterocycles. The summed E-state index contributed by atoms with van der Waals surface area (Å²) in [6, 6.07) is 15.7. The van der Waals surface area contributed by atoms with Gasteiger partial charge in [0.2, 0.25) is 0 Å². The summed E-state index contributed by atoms with van der Waals surface area (Å²) < 4.78 is 0. The van der Waals surface area contributed by atoms with Crippen LogP contribution in [-0.4, -0.2) is 33.9 Å². The summed E-state index contributed by atoms with van der Waals surface area (Å²) in [6.45, 7) is 1.67. The minimum absolute atomic E-state index is 0.0924. The number of hydrogen-bond donors (Lipinski definition) is 2. The maximum atomic E-state index is 12.8. The van der Waals surface area contributed by atoms with Gasteiger partial charge in [0.1, 0.15) is 5.82 Å². The molecule has 0 saturated carbocycles. The zero-order valence-electron chi connectivity index (χ0n) is 18.4. The molecule has 3 aromatic rings. The zero-order valence-corrected chi connectivity index (χ0v) is 18.4. The number of carbonyl (C=O) groups is 1. The van der Waals surface area contributed by atoms with E-state index < -0.39 is 0 Å². The molecule has 1 fully saturated rings. The third-order valence-electron chi connectivity index (χ3n) is 6.04. The highest BCUT2D eigenvalue weighted by Gasteiger charge is 2.19. The number of allylic oxidation sites excluding steroid dienone is 2. The number of nitrogens with one attached hydrogen (secondary N) is 2. The summed E-state index contributed by atoms with van der Waals surface area (Å²) in [5, 5.41) is 4.96. The number of nitrogens with zero attached hydrogens (tertiary/aromatic N) is 2. The molecule has 6 nitrogen and oxygen atoms in total. The van der Waals surface area contributed by atoms with Gasteiger partial charge in [-0.25, -0.2) is 4.79 Å². The van der Waals surface area contributed by atoms with E-state index in [9.17, 15) is 9.59 Å². The molecular formula is C27H26N4O2. The van der Waals surface area contributed by atoms with Gasteiger partial charge in [-0.3, -0.25) is 4.79 Å². The molecule has 0 bridgehead atoms. The van der Waals surface area contributed by atoms with Crippen molar-refractivity contribution in [3.8, 4) is 11.1 Å². The minimum Gasteiger partial charge on any atom is -0.339 e. The van der Waals surface area contributed by atoms with Crippen LogP contribution in [0.4, 0.5) is 11.5 Å². The van der Waals surface area contributed by atoms with Gasteiger partial charge in [-0.1, -0.05) is 42.5 Å². The van der Waals surface area contributed by atoms with E-state index in [-0.39, 0.29) is 11.6 Å². The number of likely N-dealkylation sites (tertiary alicyclic amines) is 1. The Morgan fingerprint density at radius 1 is 1.00 bits per heavy atom. The summed E-state index contributed by atoms with van der Waals surface area (Å²) in [5.74, 6) is 0.612. The second-order valence-corrected chi connectivity index (χ2v) is 8.38. The van der Waals surface area contributed by atoms with Crippen molar-refractivity contribution < 1.29 is 4.79 Å². The van der Waals surface area contributed by atoms with Gasteiger partial charge in [0.05, 0.1) is 0 Å². The number of fused-ring (bicyclic) bond motifs is 1. The SMILES string of the molecule is O=C(c1cccc(-c2cccc(Nc3nc(=O)[nH]c4c3=CC=CCCC=4)c2)c1)N1CCCC1. The lowest BCUT2D eigenvalue weighted by molar-refractivity contribution is 0.0793. The van der Waals surface area contributed by atoms with E-state index in [1.165, 1.54) is 0 Å². The van der Waals surface area contributed by atoms with Gasteiger partial charge < -0.3 is 15.2 Å². The molecule has 1 saturated heterocycles. The number of aromatic amines is 1. The third-order valence-corrected chi connectivity index (χ3v) is 6.04. The summed E-state index contributed by atoms with van der Waals surface area (Å²) in [7, 11) is 0. The fourth-order valence-electron chi connectivity index (χ4n) is 4.36. The highest BCUT2D eigenvalue weighted by molar-refractivity contribution is 5.95. The number of benzene rings is 2. The molecule has 0 unspecified atom stereocenters. The minimum atomic E-state index is -0.380. The Balaban J connectivity index is 1.47. The molecule has 166 valence electrons.